The van der Waals surface area contributed by atoms with Crippen molar-refractivity contribution in [1.82, 2.24) is 4.90 Å². The second-order valence-electron chi connectivity index (χ2n) is 6.01. The molecular formula is C18H25NO5. The quantitative estimate of drug-likeness (QED) is 0.745. The molecule has 0 saturated carbocycles. The van der Waals surface area contributed by atoms with Crippen LogP contribution in [0.3, 0.4) is 0 Å². The predicted octanol–water partition coefficient (Wildman–Crippen LogP) is 2.08. The molecule has 0 bridgehead atoms. The number of benzene rings is 1. The first-order valence-electron chi connectivity index (χ1n) is 8.56. The third kappa shape index (κ3) is 3.88. The lowest BCUT2D eigenvalue weighted by molar-refractivity contribution is -0.100. The number of methoxy groups -OCH3 is 1. The van der Waals surface area contributed by atoms with Gasteiger partial charge in [0.05, 0.1) is 31.4 Å². The molecule has 6 heteroatoms. The SMILES string of the molecule is COCCOc1ccccc1C(=O)N1CCCCC1C1OCCO1. The molecule has 2 heterocycles. The van der Waals surface area contributed by atoms with Crippen molar-refractivity contribution >= 4 is 5.91 Å². The number of hydrogen-bond donors (Lipinski definition) is 0. The van der Waals surface area contributed by atoms with Gasteiger partial charge in [0, 0.05) is 13.7 Å². The molecule has 2 aliphatic heterocycles. The monoisotopic (exact) mass is 335 g/mol. The van der Waals surface area contributed by atoms with Crippen LogP contribution in [0.2, 0.25) is 0 Å². The van der Waals surface area contributed by atoms with Crippen molar-refractivity contribution in [2.45, 2.75) is 31.6 Å². The van der Waals surface area contributed by atoms with Gasteiger partial charge in [0.15, 0.2) is 6.29 Å². The van der Waals surface area contributed by atoms with E-state index in [9.17, 15) is 4.79 Å². The summed E-state index contributed by atoms with van der Waals surface area (Å²) >= 11 is 0. The van der Waals surface area contributed by atoms with E-state index in [0.29, 0.717) is 37.7 Å². The van der Waals surface area contributed by atoms with Crippen molar-refractivity contribution in [2.75, 3.05) is 40.1 Å². The van der Waals surface area contributed by atoms with Gasteiger partial charge >= 0.3 is 0 Å². The molecule has 0 aromatic heterocycles. The van der Waals surface area contributed by atoms with Gasteiger partial charge in [0.2, 0.25) is 0 Å². The van der Waals surface area contributed by atoms with Crippen LogP contribution in [0.5, 0.6) is 5.75 Å². The molecule has 24 heavy (non-hydrogen) atoms. The van der Waals surface area contributed by atoms with Crippen molar-refractivity contribution in [3.8, 4) is 5.75 Å². The maximum atomic E-state index is 13.1. The Balaban J connectivity index is 1.76. The topological polar surface area (TPSA) is 57.2 Å². The van der Waals surface area contributed by atoms with Crippen LogP contribution in [0, 0.1) is 0 Å². The maximum absolute atomic E-state index is 13.1. The third-order valence-corrected chi connectivity index (χ3v) is 4.43. The summed E-state index contributed by atoms with van der Waals surface area (Å²) in [6.45, 7) is 2.82. The molecular weight excluding hydrogens is 310 g/mol. The number of piperidine rings is 1. The van der Waals surface area contributed by atoms with E-state index < -0.39 is 0 Å². The van der Waals surface area contributed by atoms with Crippen LogP contribution >= 0.6 is 0 Å². The Morgan fingerprint density at radius 1 is 1.21 bits per heavy atom. The fourth-order valence-corrected chi connectivity index (χ4v) is 3.25. The van der Waals surface area contributed by atoms with E-state index >= 15 is 0 Å². The van der Waals surface area contributed by atoms with Gasteiger partial charge < -0.3 is 23.8 Å². The minimum atomic E-state index is -0.309. The summed E-state index contributed by atoms with van der Waals surface area (Å²) < 4.78 is 22.0. The summed E-state index contributed by atoms with van der Waals surface area (Å²) in [7, 11) is 1.63. The van der Waals surface area contributed by atoms with E-state index in [1.54, 1.807) is 7.11 Å². The smallest absolute Gasteiger partial charge is 0.258 e. The van der Waals surface area contributed by atoms with E-state index in [1.807, 2.05) is 29.2 Å². The number of ether oxygens (including phenoxy) is 4. The molecule has 2 saturated heterocycles. The van der Waals surface area contributed by atoms with Gasteiger partial charge in [-0.05, 0) is 31.4 Å². The molecule has 0 spiro atoms. The van der Waals surface area contributed by atoms with Gasteiger partial charge in [0.1, 0.15) is 12.4 Å². The number of nitrogens with zero attached hydrogens (tertiary/aromatic N) is 1. The lowest BCUT2D eigenvalue weighted by Crippen LogP contribution is -2.50. The summed E-state index contributed by atoms with van der Waals surface area (Å²) in [5, 5.41) is 0. The Morgan fingerprint density at radius 3 is 2.79 bits per heavy atom. The molecule has 0 N–H and O–H groups in total. The molecule has 2 aliphatic rings. The number of amides is 1. The Bertz CT molecular complexity index is 544. The van der Waals surface area contributed by atoms with E-state index in [0.717, 1.165) is 25.8 Å². The lowest BCUT2D eigenvalue weighted by Gasteiger charge is -2.38. The standard InChI is InChI=1S/C18H25NO5/c1-21-10-11-22-16-8-3-2-6-14(16)17(20)19-9-5-4-7-15(19)18-23-12-13-24-18/h2-3,6,8,15,18H,4-5,7,9-13H2,1H3. The van der Waals surface area contributed by atoms with Crippen molar-refractivity contribution in [1.29, 1.82) is 0 Å². The van der Waals surface area contributed by atoms with Gasteiger partial charge in [-0.15, -0.1) is 0 Å². The maximum Gasteiger partial charge on any atom is 0.258 e. The Hall–Kier alpha value is -1.63. The highest BCUT2D eigenvalue weighted by molar-refractivity contribution is 5.97. The summed E-state index contributed by atoms with van der Waals surface area (Å²) in [4.78, 5) is 15.0. The number of carbonyl (C=O) groups is 1. The van der Waals surface area contributed by atoms with Crippen LogP contribution in [0.15, 0.2) is 24.3 Å². The molecule has 1 atom stereocenters. The normalized spacial score (nSPS) is 21.9. The number of carbonyl (C=O) groups excluding carboxylic acids is 1. The number of para-hydroxylation sites is 1. The second kappa shape index (κ2) is 8.46. The minimum absolute atomic E-state index is 0.0215. The predicted molar refractivity (Wildman–Crippen MR) is 88.2 cm³/mol. The molecule has 1 unspecified atom stereocenters. The highest BCUT2D eigenvalue weighted by atomic mass is 16.7. The summed E-state index contributed by atoms with van der Waals surface area (Å²) in [5.74, 6) is 0.573. The summed E-state index contributed by atoms with van der Waals surface area (Å²) in [5.41, 5.74) is 0.582. The molecule has 1 amide bonds. The van der Waals surface area contributed by atoms with Crippen LogP contribution in [0.1, 0.15) is 29.6 Å². The third-order valence-electron chi connectivity index (χ3n) is 4.43. The second-order valence-corrected chi connectivity index (χ2v) is 6.01. The van der Waals surface area contributed by atoms with Crippen molar-refractivity contribution in [3.63, 3.8) is 0 Å². The van der Waals surface area contributed by atoms with Gasteiger partial charge in [0.25, 0.3) is 5.91 Å². The lowest BCUT2D eigenvalue weighted by atomic mass is 10.00. The van der Waals surface area contributed by atoms with E-state index in [4.69, 9.17) is 18.9 Å². The van der Waals surface area contributed by atoms with Gasteiger partial charge in [-0.3, -0.25) is 4.79 Å². The van der Waals surface area contributed by atoms with Crippen LogP contribution < -0.4 is 4.74 Å². The summed E-state index contributed by atoms with van der Waals surface area (Å²) in [6, 6.07) is 7.34. The van der Waals surface area contributed by atoms with Crippen LogP contribution in [-0.4, -0.2) is 63.2 Å². The Labute approximate surface area is 142 Å². The highest BCUT2D eigenvalue weighted by Gasteiger charge is 2.37. The zero-order valence-electron chi connectivity index (χ0n) is 14.1. The molecule has 1 aromatic rings. The Morgan fingerprint density at radius 2 is 2.00 bits per heavy atom. The van der Waals surface area contributed by atoms with Gasteiger partial charge in [-0.25, -0.2) is 0 Å². The minimum Gasteiger partial charge on any atom is -0.490 e. The zero-order valence-corrected chi connectivity index (χ0v) is 14.1. The van der Waals surface area contributed by atoms with E-state index in [-0.39, 0.29) is 18.2 Å². The van der Waals surface area contributed by atoms with Crippen LogP contribution in [-0.2, 0) is 14.2 Å². The van der Waals surface area contributed by atoms with Crippen molar-refractivity contribution < 1.29 is 23.7 Å². The van der Waals surface area contributed by atoms with Crippen molar-refractivity contribution in [2.24, 2.45) is 0 Å². The first-order valence-corrected chi connectivity index (χ1v) is 8.56. The molecule has 0 radical (unpaired) electrons. The molecule has 2 fully saturated rings. The molecule has 132 valence electrons. The number of rotatable bonds is 6. The Kier molecular flexibility index (Phi) is 6.07. The zero-order chi connectivity index (χ0) is 16.8. The van der Waals surface area contributed by atoms with Gasteiger partial charge in [-0.1, -0.05) is 12.1 Å². The largest absolute Gasteiger partial charge is 0.490 e. The average molecular weight is 335 g/mol. The van der Waals surface area contributed by atoms with Crippen molar-refractivity contribution in [3.05, 3.63) is 29.8 Å². The molecule has 6 nitrogen and oxygen atoms in total. The number of hydrogen-bond acceptors (Lipinski definition) is 5. The molecule has 3 rings (SSSR count). The fraction of sp³-hybridized carbons (Fsp3) is 0.611. The first kappa shape index (κ1) is 17.2. The van der Waals surface area contributed by atoms with E-state index in [1.165, 1.54) is 0 Å². The fourth-order valence-electron chi connectivity index (χ4n) is 3.25. The van der Waals surface area contributed by atoms with Crippen LogP contribution in [0.25, 0.3) is 0 Å². The molecule has 1 aromatic carbocycles. The van der Waals surface area contributed by atoms with E-state index in [2.05, 4.69) is 0 Å². The molecule has 0 aliphatic carbocycles. The highest BCUT2D eigenvalue weighted by Crippen LogP contribution is 2.28. The van der Waals surface area contributed by atoms with Crippen LogP contribution in [0.4, 0.5) is 0 Å². The first-order chi connectivity index (χ1) is 11.8. The average Bonchev–Trinajstić information content (AvgIpc) is 3.16. The van der Waals surface area contributed by atoms with Gasteiger partial charge in [-0.2, -0.15) is 0 Å². The number of likely N-dealkylation sites (tertiary alicyclic amines) is 1. The summed E-state index contributed by atoms with van der Waals surface area (Å²) in [6.07, 6.45) is 2.69.